The van der Waals surface area contributed by atoms with Gasteiger partial charge in [-0.1, -0.05) is 0 Å². The molecule has 0 aliphatic carbocycles. The standard InChI is InChI=1S/C18H18N8O6/c1-21-13-11(15(29)23(3)17(21)31)25(7-19-13)9(27)5-6-10(28)26-8-20-14-12(26)16(30)24(4)18(32)22(14)2/h7-8H,5-6H2,1-4H3. The topological polar surface area (TPSA) is 158 Å². The van der Waals surface area contributed by atoms with Gasteiger partial charge in [0.15, 0.2) is 22.3 Å². The number of hydrogen-bond acceptors (Lipinski definition) is 8. The molecule has 0 aromatic carbocycles. The molecule has 4 aromatic heterocycles. The fourth-order valence-electron chi connectivity index (χ4n) is 3.52. The summed E-state index contributed by atoms with van der Waals surface area (Å²) in [5.74, 6) is -1.19. The van der Waals surface area contributed by atoms with E-state index in [0.29, 0.717) is 0 Å². The summed E-state index contributed by atoms with van der Waals surface area (Å²) >= 11 is 0. The van der Waals surface area contributed by atoms with E-state index in [1.807, 2.05) is 0 Å². The van der Waals surface area contributed by atoms with Crippen LogP contribution >= 0.6 is 0 Å². The Morgan fingerprint density at radius 1 is 0.656 bits per heavy atom. The molecule has 0 N–H and O–H groups in total. The zero-order chi connectivity index (χ0) is 23.5. The zero-order valence-electron chi connectivity index (χ0n) is 17.6. The average molecular weight is 442 g/mol. The van der Waals surface area contributed by atoms with Crippen LogP contribution in [-0.2, 0) is 28.2 Å². The fraction of sp³-hybridized carbons (Fsp3) is 0.333. The molecule has 0 amide bonds. The molecule has 14 heteroatoms. The van der Waals surface area contributed by atoms with E-state index in [1.165, 1.54) is 28.2 Å². The number of nitrogens with zero attached hydrogens (tertiary/aromatic N) is 8. The minimum Gasteiger partial charge on any atom is -0.279 e. The van der Waals surface area contributed by atoms with Gasteiger partial charge in [-0.25, -0.2) is 19.6 Å². The Bertz CT molecular complexity index is 1560. The van der Waals surface area contributed by atoms with Gasteiger partial charge < -0.3 is 0 Å². The van der Waals surface area contributed by atoms with Gasteiger partial charge in [-0.05, 0) is 0 Å². The first-order valence-electron chi connectivity index (χ1n) is 9.38. The van der Waals surface area contributed by atoms with Crippen molar-refractivity contribution in [1.29, 1.82) is 0 Å². The number of rotatable bonds is 3. The third-order valence-electron chi connectivity index (χ3n) is 5.38. The van der Waals surface area contributed by atoms with Gasteiger partial charge in [0.25, 0.3) is 11.1 Å². The van der Waals surface area contributed by atoms with Crippen molar-refractivity contribution in [2.24, 2.45) is 28.2 Å². The Hall–Kier alpha value is -4.36. The molecule has 0 bridgehead atoms. The summed E-state index contributed by atoms with van der Waals surface area (Å²) in [6.45, 7) is 0. The van der Waals surface area contributed by atoms with Gasteiger partial charge in [0.2, 0.25) is 11.8 Å². The van der Waals surface area contributed by atoms with Gasteiger partial charge in [-0.15, -0.1) is 0 Å². The van der Waals surface area contributed by atoms with E-state index >= 15 is 0 Å². The molecule has 4 heterocycles. The Morgan fingerprint density at radius 3 is 1.34 bits per heavy atom. The molecule has 0 unspecified atom stereocenters. The maximum absolute atomic E-state index is 12.7. The molecule has 166 valence electrons. The molecule has 0 saturated carbocycles. The van der Waals surface area contributed by atoms with Gasteiger partial charge >= 0.3 is 11.4 Å². The molecule has 4 rings (SSSR count). The quantitative estimate of drug-likeness (QED) is 0.350. The number of aromatic nitrogens is 8. The maximum atomic E-state index is 12.7. The minimum absolute atomic E-state index is 0.0443. The number of carbonyl (C=O) groups excluding carboxylic acids is 2. The third kappa shape index (κ3) is 2.79. The number of carbonyl (C=O) groups is 2. The third-order valence-corrected chi connectivity index (χ3v) is 5.38. The molecule has 0 radical (unpaired) electrons. The Labute approximate surface area is 177 Å². The second-order valence-electron chi connectivity index (χ2n) is 7.27. The van der Waals surface area contributed by atoms with Crippen molar-refractivity contribution in [2.45, 2.75) is 12.8 Å². The predicted molar refractivity (Wildman–Crippen MR) is 111 cm³/mol. The van der Waals surface area contributed by atoms with Crippen LogP contribution in [0.25, 0.3) is 22.3 Å². The number of imidazole rings is 2. The lowest BCUT2D eigenvalue weighted by Crippen LogP contribution is -2.38. The lowest BCUT2D eigenvalue weighted by atomic mass is 10.2. The van der Waals surface area contributed by atoms with E-state index in [2.05, 4.69) is 9.97 Å². The summed E-state index contributed by atoms with van der Waals surface area (Å²) in [6.07, 6.45) is 1.64. The summed E-state index contributed by atoms with van der Waals surface area (Å²) < 4.78 is 6.00. The van der Waals surface area contributed by atoms with E-state index in [0.717, 1.165) is 40.1 Å². The van der Waals surface area contributed by atoms with E-state index in [4.69, 9.17) is 0 Å². The van der Waals surface area contributed by atoms with E-state index in [-0.39, 0.29) is 35.2 Å². The molecular weight excluding hydrogens is 424 g/mol. The molecule has 0 fully saturated rings. The molecule has 0 aliphatic heterocycles. The summed E-state index contributed by atoms with van der Waals surface area (Å²) in [7, 11) is 5.42. The highest BCUT2D eigenvalue weighted by atomic mass is 16.2. The first-order valence-corrected chi connectivity index (χ1v) is 9.38. The van der Waals surface area contributed by atoms with Crippen LogP contribution in [-0.4, -0.2) is 49.2 Å². The maximum Gasteiger partial charge on any atom is 0.332 e. The molecule has 0 atom stereocenters. The van der Waals surface area contributed by atoms with Crippen molar-refractivity contribution in [1.82, 2.24) is 37.4 Å². The monoisotopic (exact) mass is 442 g/mol. The van der Waals surface area contributed by atoms with E-state index < -0.39 is 34.3 Å². The highest BCUT2D eigenvalue weighted by molar-refractivity contribution is 5.93. The highest BCUT2D eigenvalue weighted by Crippen LogP contribution is 2.10. The lowest BCUT2D eigenvalue weighted by Gasteiger charge is -2.07. The molecule has 0 aliphatic rings. The average Bonchev–Trinajstić information content (AvgIpc) is 3.42. The van der Waals surface area contributed by atoms with E-state index in [1.54, 1.807) is 0 Å². The van der Waals surface area contributed by atoms with Crippen molar-refractivity contribution >= 4 is 34.1 Å². The highest BCUT2D eigenvalue weighted by Gasteiger charge is 2.21. The SMILES string of the molecule is Cn1c(=O)c2c(ncn2C(=O)CCC(=O)n2cnc3c2c(=O)n(C)c(=O)n3C)n(C)c1=O. The Kier molecular flexibility index (Phi) is 4.64. The van der Waals surface area contributed by atoms with Crippen LogP contribution in [0.5, 0.6) is 0 Å². The second-order valence-corrected chi connectivity index (χ2v) is 7.27. The molecule has 4 aromatic rings. The molecule has 32 heavy (non-hydrogen) atoms. The molecular formula is C18H18N8O6. The van der Waals surface area contributed by atoms with Crippen LogP contribution < -0.4 is 22.5 Å². The van der Waals surface area contributed by atoms with E-state index in [9.17, 15) is 28.8 Å². The Morgan fingerprint density at radius 2 is 1.00 bits per heavy atom. The van der Waals surface area contributed by atoms with Crippen LogP contribution in [0.2, 0.25) is 0 Å². The summed E-state index contributed by atoms with van der Waals surface area (Å²) in [4.78, 5) is 82.4. The van der Waals surface area contributed by atoms with Gasteiger partial charge in [-0.3, -0.25) is 46.6 Å². The lowest BCUT2D eigenvalue weighted by molar-refractivity contribution is 0.0835. The van der Waals surface area contributed by atoms with Crippen molar-refractivity contribution < 1.29 is 9.59 Å². The fourth-order valence-corrected chi connectivity index (χ4v) is 3.52. The predicted octanol–water partition coefficient (Wildman–Crippen LogP) is -2.06. The number of aryl methyl sites for hydroxylation is 2. The van der Waals surface area contributed by atoms with Crippen molar-refractivity contribution in [2.75, 3.05) is 0 Å². The van der Waals surface area contributed by atoms with Gasteiger partial charge in [0.1, 0.15) is 12.7 Å². The van der Waals surface area contributed by atoms with Crippen LogP contribution in [0.1, 0.15) is 22.4 Å². The second kappa shape index (κ2) is 7.11. The number of fused-ring (bicyclic) bond motifs is 2. The molecule has 0 spiro atoms. The normalized spacial score (nSPS) is 11.5. The smallest absolute Gasteiger partial charge is 0.279 e. The minimum atomic E-state index is -0.690. The van der Waals surface area contributed by atoms with Crippen molar-refractivity contribution in [3.63, 3.8) is 0 Å². The first-order chi connectivity index (χ1) is 15.1. The van der Waals surface area contributed by atoms with Crippen LogP contribution in [0, 0.1) is 0 Å². The zero-order valence-corrected chi connectivity index (χ0v) is 17.6. The number of hydrogen-bond donors (Lipinski definition) is 0. The van der Waals surface area contributed by atoms with Crippen LogP contribution in [0.4, 0.5) is 0 Å². The molecule has 14 nitrogen and oxygen atoms in total. The van der Waals surface area contributed by atoms with Crippen molar-refractivity contribution in [3.05, 3.63) is 54.3 Å². The van der Waals surface area contributed by atoms with Crippen LogP contribution in [0.3, 0.4) is 0 Å². The van der Waals surface area contributed by atoms with Gasteiger partial charge in [0.05, 0.1) is 0 Å². The summed E-state index contributed by atoms with van der Waals surface area (Å²) in [6, 6.07) is 0. The first kappa shape index (κ1) is 20.9. The van der Waals surface area contributed by atoms with Gasteiger partial charge in [-0.2, -0.15) is 0 Å². The van der Waals surface area contributed by atoms with Gasteiger partial charge in [0, 0.05) is 41.0 Å². The Balaban J connectivity index is 1.67. The molecule has 0 saturated heterocycles. The summed E-state index contributed by atoms with van der Waals surface area (Å²) in [5.41, 5.74) is -2.62. The largest absolute Gasteiger partial charge is 0.332 e. The summed E-state index contributed by atoms with van der Waals surface area (Å²) in [5, 5.41) is 0. The van der Waals surface area contributed by atoms with Crippen molar-refractivity contribution in [3.8, 4) is 0 Å². The van der Waals surface area contributed by atoms with Crippen LogP contribution in [0.15, 0.2) is 31.8 Å².